The quantitative estimate of drug-likeness (QED) is 0.414. The second kappa shape index (κ2) is 8.51. The molecular weight excluding hydrogens is 414 g/mol. The van der Waals surface area contributed by atoms with Crippen molar-refractivity contribution in [2.45, 2.75) is 24.8 Å². The summed E-state index contributed by atoms with van der Waals surface area (Å²) in [6, 6.07) is 13.4. The third-order valence-electron chi connectivity index (χ3n) is 3.71. The highest BCUT2D eigenvalue weighted by molar-refractivity contribution is 9.10. The number of hydrogen-bond acceptors (Lipinski definition) is 5. The molecular formula is C19H18BrN3O2S. The Morgan fingerprint density at radius 1 is 1.23 bits per heavy atom. The van der Waals surface area contributed by atoms with E-state index >= 15 is 0 Å². The number of ether oxygens (including phenoxy) is 1. The molecule has 0 bridgehead atoms. The van der Waals surface area contributed by atoms with Crippen LogP contribution in [-0.2, 0) is 5.75 Å². The molecule has 0 atom stereocenters. The number of ketones is 1. The van der Waals surface area contributed by atoms with E-state index in [1.807, 2.05) is 43.3 Å². The van der Waals surface area contributed by atoms with Crippen LogP contribution < -0.4 is 4.74 Å². The Bertz CT molecular complexity index is 909. The maximum absolute atomic E-state index is 11.6. The Morgan fingerprint density at radius 3 is 2.69 bits per heavy atom. The number of hydrogen-bond donors (Lipinski definition) is 1. The summed E-state index contributed by atoms with van der Waals surface area (Å²) in [5.74, 6) is 2.17. The number of rotatable bonds is 7. The topological polar surface area (TPSA) is 67.9 Å². The molecule has 3 rings (SSSR count). The number of aromatic nitrogens is 3. The average molecular weight is 432 g/mol. The number of aromatic amines is 1. The van der Waals surface area contributed by atoms with Crippen LogP contribution in [0.4, 0.5) is 0 Å². The van der Waals surface area contributed by atoms with E-state index in [1.165, 1.54) is 11.8 Å². The van der Waals surface area contributed by atoms with Crippen molar-refractivity contribution in [1.82, 2.24) is 15.2 Å². The lowest BCUT2D eigenvalue weighted by Crippen LogP contribution is -1.99. The highest BCUT2D eigenvalue weighted by atomic mass is 79.9. The summed E-state index contributed by atoms with van der Waals surface area (Å²) in [5.41, 5.74) is 2.61. The Hall–Kier alpha value is -2.12. The minimum absolute atomic E-state index is 0.0368. The second-order valence-corrected chi connectivity index (χ2v) is 7.43. The second-order valence-electron chi connectivity index (χ2n) is 5.57. The van der Waals surface area contributed by atoms with Gasteiger partial charge in [-0.15, -0.1) is 5.10 Å². The largest absolute Gasteiger partial charge is 0.494 e. The summed E-state index contributed by atoms with van der Waals surface area (Å²) in [6.45, 7) is 4.08. The van der Waals surface area contributed by atoms with Crippen molar-refractivity contribution in [3.8, 4) is 17.1 Å². The van der Waals surface area contributed by atoms with Crippen molar-refractivity contribution >= 4 is 33.5 Å². The highest BCUT2D eigenvalue weighted by Crippen LogP contribution is 2.29. The first-order valence-electron chi connectivity index (χ1n) is 8.14. The first kappa shape index (κ1) is 18.7. The van der Waals surface area contributed by atoms with E-state index < -0.39 is 0 Å². The summed E-state index contributed by atoms with van der Waals surface area (Å²) < 4.78 is 6.69. The van der Waals surface area contributed by atoms with Crippen molar-refractivity contribution in [2.75, 3.05) is 6.61 Å². The SMILES string of the molecule is CCOc1ccc(C(C)=O)cc1CSc1n[nH]c(-c2ccc(Br)cc2)n1. The summed E-state index contributed by atoms with van der Waals surface area (Å²) in [7, 11) is 0. The van der Waals surface area contributed by atoms with Gasteiger partial charge in [0, 0.05) is 26.9 Å². The van der Waals surface area contributed by atoms with E-state index in [4.69, 9.17) is 4.74 Å². The molecule has 0 saturated carbocycles. The number of carbonyl (C=O) groups is 1. The van der Waals surface area contributed by atoms with Crippen molar-refractivity contribution in [3.05, 3.63) is 58.1 Å². The Kier molecular flexibility index (Phi) is 6.11. The Labute approximate surface area is 164 Å². The van der Waals surface area contributed by atoms with Crippen molar-refractivity contribution in [1.29, 1.82) is 0 Å². The van der Waals surface area contributed by atoms with E-state index in [1.54, 1.807) is 13.0 Å². The fraction of sp³-hybridized carbons (Fsp3) is 0.211. The van der Waals surface area contributed by atoms with Crippen LogP contribution in [0.15, 0.2) is 52.1 Å². The van der Waals surface area contributed by atoms with Crippen molar-refractivity contribution < 1.29 is 9.53 Å². The van der Waals surface area contributed by atoms with Gasteiger partial charge in [-0.25, -0.2) is 4.98 Å². The molecule has 0 saturated heterocycles. The normalized spacial score (nSPS) is 10.7. The third kappa shape index (κ3) is 4.53. The summed E-state index contributed by atoms with van der Waals surface area (Å²) >= 11 is 4.92. The number of benzene rings is 2. The van der Waals surface area contributed by atoms with Crippen LogP contribution in [0.2, 0.25) is 0 Å². The molecule has 0 fully saturated rings. The zero-order valence-corrected chi connectivity index (χ0v) is 16.9. The number of halogens is 1. The zero-order valence-electron chi connectivity index (χ0n) is 14.5. The van der Waals surface area contributed by atoms with Crippen LogP contribution in [0.25, 0.3) is 11.4 Å². The average Bonchev–Trinajstić information content (AvgIpc) is 3.10. The number of nitrogens with zero attached hydrogens (tertiary/aromatic N) is 2. The molecule has 134 valence electrons. The Morgan fingerprint density at radius 2 is 2.00 bits per heavy atom. The van der Waals surface area contributed by atoms with Crippen LogP contribution in [-0.4, -0.2) is 27.6 Å². The molecule has 5 nitrogen and oxygen atoms in total. The number of carbonyl (C=O) groups excluding carboxylic acids is 1. The number of H-pyrrole nitrogens is 1. The number of thioether (sulfide) groups is 1. The molecule has 2 aromatic carbocycles. The molecule has 0 aliphatic rings. The third-order valence-corrected chi connectivity index (χ3v) is 5.13. The molecule has 0 unspecified atom stereocenters. The lowest BCUT2D eigenvalue weighted by molar-refractivity contribution is 0.101. The smallest absolute Gasteiger partial charge is 0.209 e. The lowest BCUT2D eigenvalue weighted by Gasteiger charge is -2.10. The van der Waals surface area contributed by atoms with Crippen LogP contribution in [0, 0.1) is 0 Å². The van der Waals surface area contributed by atoms with Gasteiger partial charge in [0.05, 0.1) is 6.61 Å². The molecule has 26 heavy (non-hydrogen) atoms. The first-order valence-corrected chi connectivity index (χ1v) is 9.92. The Balaban J connectivity index is 1.75. The van der Waals surface area contributed by atoms with Gasteiger partial charge in [-0.3, -0.25) is 9.89 Å². The van der Waals surface area contributed by atoms with Gasteiger partial charge in [0.15, 0.2) is 11.6 Å². The highest BCUT2D eigenvalue weighted by Gasteiger charge is 2.11. The fourth-order valence-electron chi connectivity index (χ4n) is 2.40. The molecule has 0 radical (unpaired) electrons. The van der Waals surface area contributed by atoms with Crippen LogP contribution in [0.5, 0.6) is 5.75 Å². The molecule has 0 spiro atoms. The van der Waals surface area contributed by atoms with E-state index in [2.05, 4.69) is 31.1 Å². The molecule has 3 aromatic rings. The minimum Gasteiger partial charge on any atom is -0.494 e. The number of Topliss-reactive ketones (excluding diaryl/α,β-unsaturated/α-hetero) is 1. The molecule has 0 aliphatic carbocycles. The van der Waals surface area contributed by atoms with Gasteiger partial charge in [0.1, 0.15) is 5.75 Å². The molecule has 1 aromatic heterocycles. The number of nitrogens with one attached hydrogen (secondary N) is 1. The van der Waals surface area contributed by atoms with E-state index in [-0.39, 0.29) is 5.78 Å². The maximum atomic E-state index is 11.6. The minimum atomic E-state index is 0.0368. The maximum Gasteiger partial charge on any atom is 0.209 e. The van der Waals surface area contributed by atoms with Gasteiger partial charge in [-0.1, -0.05) is 39.8 Å². The summed E-state index contributed by atoms with van der Waals surface area (Å²) in [5, 5.41) is 7.89. The summed E-state index contributed by atoms with van der Waals surface area (Å²) in [4.78, 5) is 16.2. The van der Waals surface area contributed by atoms with Crippen LogP contribution >= 0.6 is 27.7 Å². The van der Waals surface area contributed by atoms with Crippen molar-refractivity contribution in [2.24, 2.45) is 0 Å². The first-order chi connectivity index (χ1) is 12.6. The van der Waals surface area contributed by atoms with E-state index in [9.17, 15) is 4.79 Å². The molecule has 0 amide bonds. The van der Waals surface area contributed by atoms with Gasteiger partial charge < -0.3 is 4.74 Å². The summed E-state index contributed by atoms with van der Waals surface area (Å²) in [6.07, 6.45) is 0. The molecule has 1 N–H and O–H groups in total. The van der Waals surface area contributed by atoms with Crippen LogP contribution in [0.1, 0.15) is 29.8 Å². The van der Waals surface area contributed by atoms with Crippen LogP contribution in [0.3, 0.4) is 0 Å². The molecule has 7 heteroatoms. The van der Waals surface area contributed by atoms with Crippen molar-refractivity contribution in [3.63, 3.8) is 0 Å². The van der Waals surface area contributed by atoms with E-state index in [0.29, 0.717) is 23.1 Å². The predicted molar refractivity (Wildman–Crippen MR) is 107 cm³/mol. The van der Waals surface area contributed by atoms with Gasteiger partial charge in [-0.2, -0.15) is 0 Å². The van der Waals surface area contributed by atoms with Gasteiger partial charge in [-0.05, 0) is 44.2 Å². The molecule has 1 heterocycles. The van der Waals surface area contributed by atoms with Gasteiger partial charge >= 0.3 is 0 Å². The fourth-order valence-corrected chi connectivity index (χ4v) is 3.44. The molecule has 0 aliphatic heterocycles. The predicted octanol–water partition coefficient (Wildman–Crippen LogP) is 5.13. The lowest BCUT2D eigenvalue weighted by atomic mass is 10.1. The zero-order chi connectivity index (χ0) is 18.5. The van der Waals surface area contributed by atoms with Gasteiger partial charge in [0.25, 0.3) is 0 Å². The van der Waals surface area contributed by atoms with Gasteiger partial charge in [0.2, 0.25) is 5.16 Å². The van der Waals surface area contributed by atoms with E-state index in [0.717, 1.165) is 27.2 Å². The standard InChI is InChI=1S/C19H18BrN3O2S/c1-3-25-17-9-6-14(12(2)24)10-15(17)11-26-19-21-18(22-23-19)13-4-7-16(20)8-5-13/h4-10H,3,11H2,1-2H3,(H,21,22,23). The monoisotopic (exact) mass is 431 g/mol.